The highest BCUT2D eigenvalue weighted by Gasteiger charge is 2.16. The summed E-state index contributed by atoms with van der Waals surface area (Å²) in [4.78, 5) is 11.4. The summed E-state index contributed by atoms with van der Waals surface area (Å²) >= 11 is 0. The molecule has 18 heavy (non-hydrogen) atoms. The zero-order chi connectivity index (χ0) is 13.8. The van der Waals surface area contributed by atoms with Gasteiger partial charge in [-0.05, 0) is 45.4 Å². The summed E-state index contributed by atoms with van der Waals surface area (Å²) in [5.74, 6) is -0.286. The van der Waals surface area contributed by atoms with Gasteiger partial charge in [-0.2, -0.15) is 0 Å². The van der Waals surface area contributed by atoms with Crippen LogP contribution in [-0.2, 0) is 4.74 Å². The lowest BCUT2D eigenvalue weighted by molar-refractivity contribution is 0.0489. The number of hydrazine groups is 1. The Morgan fingerprint density at radius 2 is 1.83 bits per heavy atom. The van der Waals surface area contributed by atoms with Crippen LogP contribution >= 0.6 is 0 Å². The number of carbonyl (C=O) groups excluding carboxylic acids is 1. The van der Waals surface area contributed by atoms with Crippen molar-refractivity contribution in [2.24, 2.45) is 0 Å². The van der Waals surface area contributed by atoms with Gasteiger partial charge in [-0.1, -0.05) is 12.1 Å². The van der Waals surface area contributed by atoms with Gasteiger partial charge in [0.2, 0.25) is 0 Å². The van der Waals surface area contributed by atoms with E-state index in [0.29, 0.717) is 0 Å². The molecule has 1 unspecified atom stereocenters. The summed E-state index contributed by atoms with van der Waals surface area (Å²) in [6.07, 6.45) is -0.545. The first-order valence-electron chi connectivity index (χ1n) is 5.78. The van der Waals surface area contributed by atoms with Gasteiger partial charge in [-0.25, -0.2) is 14.6 Å². The van der Waals surface area contributed by atoms with E-state index in [0.717, 1.165) is 5.56 Å². The first-order chi connectivity index (χ1) is 8.28. The van der Waals surface area contributed by atoms with Crippen LogP contribution in [0.3, 0.4) is 0 Å². The summed E-state index contributed by atoms with van der Waals surface area (Å²) in [7, 11) is 0. The molecule has 0 aliphatic carbocycles. The van der Waals surface area contributed by atoms with Crippen molar-refractivity contribution >= 4 is 6.09 Å². The monoisotopic (exact) mass is 254 g/mol. The molecule has 0 radical (unpaired) electrons. The standard InChI is InChI=1S/C13H19FN2O2/c1-9(10-5-7-11(14)8-6-10)15-16-12(17)18-13(2,3)4/h5-9,15H,1-4H3,(H,16,17). The van der Waals surface area contributed by atoms with E-state index in [-0.39, 0.29) is 11.9 Å². The molecule has 0 aromatic heterocycles. The summed E-state index contributed by atoms with van der Waals surface area (Å²) in [6, 6.07) is 5.92. The quantitative estimate of drug-likeness (QED) is 0.815. The van der Waals surface area contributed by atoms with E-state index in [9.17, 15) is 9.18 Å². The molecule has 0 saturated carbocycles. The Kier molecular flexibility index (Phi) is 4.67. The molecule has 1 rings (SSSR count). The number of halogens is 1. The Hall–Kier alpha value is -1.62. The van der Waals surface area contributed by atoms with E-state index in [4.69, 9.17) is 4.74 Å². The number of carbonyl (C=O) groups is 1. The van der Waals surface area contributed by atoms with Crippen molar-refractivity contribution in [2.75, 3.05) is 0 Å². The molecule has 100 valence electrons. The first kappa shape index (κ1) is 14.4. The van der Waals surface area contributed by atoms with Crippen molar-refractivity contribution in [2.45, 2.75) is 39.3 Å². The van der Waals surface area contributed by atoms with Crippen LogP contribution in [0.4, 0.5) is 9.18 Å². The normalized spacial score (nSPS) is 12.9. The molecule has 1 atom stereocenters. The molecule has 5 heteroatoms. The van der Waals surface area contributed by atoms with Crippen molar-refractivity contribution in [3.63, 3.8) is 0 Å². The number of rotatable bonds is 3. The third-order valence-corrected chi connectivity index (χ3v) is 2.16. The number of hydrogen-bond acceptors (Lipinski definition) is 3. The third kappa shape index (κ3) is 5.14. The second kappa shape index (κ2) is 5.82. The lowest BCUT2D eigenvalue weighted by Crippen LogP contribution is -2.42. The Morgan fingerprint density at radius 1 is 1.28 bits per heavy atom. The van der Waals surface area contributed by atoms with E-state index < -0.39 is 11.7 Å². The topological polar surface area (TPSA) is 50.4 Å². The lowest BCUT2D eigenvalue weighted by atomic mass is 10.1. The van der Waals surface area contributed by atoms with Crippen LogP contribution in [0.25, 0.3) is 0 Å². The number of nitrogens with one attached hydrogen (secondary N) is 2. The smallest absolute Gasteiger partial charge is 0.422 e. The molecular formula is C13H19FN2O2. The summed E-state index contributed by atoms with van der Waals surface area (Å²) in [5.41, 5.74) is 5.57. The molecule has 1 aromatic carbocycles. The Balaban J connectivity index is 2.44. The van der Waals surface area contributed by atoms with Crippen LogP contribution < -0.4 is 10.9 Å². The number of benzene rings is 1. The molecule has 1 amide bonds. The molecule has 0 aliphatic heterocycles. The highest BCUT2D eigenvalue weighted by Crippen LogP contribution is 2.12. The predicted octanol–water partition coefficient (Wildman–Crippen LogP) is 2.92. The SMILES string of the molecule is CC(NNC(=O)OC(C)(C)C)c1ccc(F)cc1. The Bertz CT molecular complexity index is 398. The van der Waals surface area contributed by atoms with E-state index in [1.807, 2.05) is 6.92 Å². The third-order valence-electron chi connectivity index (χ3n) is 2.16. The average Bonchev–Trinajstić information content (AvgIpc) is 2.24. The minimum atomic E-state index is -0.545. The van der Waals surface area contributed by atoms with Crippen LogP contribution in [0.2, 0.25) is 0 Å². The van der Waals surface area contributed by atoms with E-state index in [1.165, 1.54) is 12.1 Å². The maximum atomic E-state index is 12.7. The van der Waals surface area contributed by atoms with Crippen molar-refractivity contribution < 1.29 is 13.9 Å². The van der Waals surface area contributed by atoms with Crippen LogP contribution in [0.1, 0.15) is 39.3 Å². The van der Waals surface area contributed by atoms with Crippen molar-refractivity contribution in [1.82, 2.24) is 10.9 Å². The highest BCUT2D eigenvalue weighted by molar-refractivity contribution is 5.67. The first-order valence-corrected chi connectivity index (χ1v) is 5.78. The number of hydrogen-bond donors (Lipinski definition) is 2. The maximum Gasteiger partial charge on any atom is 0.422 e. The van der Waals surface area contributed by atoms with Crippen molar-refractivity contribution in [3.05, 3.63) is 35.6 Å². The molecule has 0 aliphatic rings. The second-order valence-corrected chi connectivity index (χ2v) is 5.04. The average molecular weight is 254 g/mol. The van der Waals surface area contributed by atoms with Crippen LogP contribution in [0.15, 0.2) is 24.3 Å². The fraction of sp³-hybridized carbons (Fsp3) is 0.462. The van der Waals surface area contributed by atoms with Gasteiger partial charge in [-0.3, -0.25) is 5.43 Å². The minimum Gasteiger partial charge on any atom is -0.443 e. The van der Waals surface area contributed by atoms with Crippen molar-refractivity contribution in [3.8, 4) is 0 Å². The van der Waals surface area contributed by atoms with Gasteiger partial charge in [-0.15, -0.1) is 0 Å². The van der Waals surface area contributed by atoms with Gasteiger partial charge in [0.1, 0.15) is 11.4 Å². The molecule has 0 saturated heterocycles. The van der Waals surface area contributed by atoms with Gasteiger partial charge in [0.15, 0.2) is 0 Å². The zero-order valence-electron chi connectivity index (χ0n) is 11.1. The molecule has 4 nitrogen and oxygen atoms in total. The minimum absolute atomic E-state index is 0.141. The summed E-state index contributed by atoms with van der Waals surface area (Å²) in [6.45, 7) is 7.21. The molecule has 0 bridgehead atoms. The van der Waals surface area contributed by atoms with Gasteiger partial charge in [0.05, 0.1) is 0 Å². The maximum absolute atomic E-state index is 12.7. The molecule has 1 aromatic rings. The predicted molar refractivity (Wildman–Crippen MR) is 67.3 cm³/mol. The zero-order valence-corrected chi connectivity index (χ0v) is 11.1. The fourth-order valence-electron chi connectivity index (χ4n) is 1.31. The van der Waals surface area contributed by atoms with E-state index in [2.05, 4.69) is 10.9 Å². The second-order valence-electron chi connectivity index (χ2n) is 5.04. The van der Waals surface area contributed by atoms with Gasteiger partial charge in [0.25, 0.3) is 0 Å². The van der Waals surface area contributed by atoms with Crippen LogP contribution in [0, 0.1) is 5.82 Å². The van der Waals surface area contributed by atoms with Gasteiger partial charge >= 0.3 is 6.09 Å². The van der Waals surface area contributed by atoms with E-state index in [1.54, 1.807) is 32.9 Å². The number of ether oxygens (including phenoxy) is 1. The Labute approximate surface area is 106 Å². The molecule has 0 fully saturated rings. The fourth-order valence-corrected chi connectivity index (χ4v) is 1.31. The number of amides is 1. The Morgan fingerprint density at radius 3 is 2.33 bits per heavy atom. The van der Waals surface area contributed by atoms with Gasteiger partial charge < -0.3 is 4.74 Å². The molecule has 2 N–H and O–H groups in total. The van der Waals surface area contributed by atoms with Crippen LogP contribution in [0.5, 0.6) is 0 Å². The van der Waals surface area contributed by atoms with Crippen LogP contribution in [-0.4, -0.2) is 11.7 Å². The summed E-state index contributed by atoms with van der Waals surface area (Å²) < 4.78 is 17.8. The van der Waals surface area contributed by atoms with E-state index >= 15 is 0 Å². The van der Waals surface area contributed by atoms with Gasteiger partial charge in [0, 0.05) is 6.04 Å². The molecular weight excluding hydrogens is 235 g/mol. The molecule has 0 heterocycles. The summed E-state index contributed by atoms with van der Waals surface area (Å²) in [5, 5.41) is 0. The highest BCUT2D eigenvalue weighted by atomic mass is 19.1. The molecule has 0 spiro atoms. The lowest BCUT2D eigenvalue weighted by Gasteiger charge is -2.21. The largest absolute Gasteiger partial charge is 0.443 e. The van der Waals surface area contributed by atoms with Crippen molar-refractivity contribution in [1.29, 1.82) is 0 Å².